The summed E-state index contributed by atoms with van der Waals surface area (Å²) in [7, 11) is -2.50. The number of carbonyl (C=O) groups excluding carboxylic acids is 2. The van der Waals surface area contributed by atoms with Gasteiger partial charge in [-0.05, 0) is 54.7 Å². The second-order valence-corrected chi connectivity index (χ2v) is 12.2. The molecule has 0 saturated heterocycles. The van der Waals surface area contributed by atoms with E-state index in [9.17, 15) is 18.0 Å². The van der Waals surface area contributed by atoms with E-state index in [0.717, 1.165) is 46.3 Å². The van der Waals surface area contributed by atoms with Crippen LogP contribution in [0.15, 0.2) is 77.7 Å². The number of amides is 2. The first-order chi connectivity index (χ1) is 18.3. The van der Waals surface area contributed by atoms with Crippen molar-refractivity contribution in [2.75, 3.05) is 20.1 Å². The normalized spacial score (nSPS) is 15.3. The molecule has 8 heteroatoms. The monoisotopic (exact) mass is 535 g/mol. The molecule has 1 aliphatic rings. The summed E-state index contributed by atoms with van der Waals surface area (Å²) < 4.78 is 27.8. The van der Waals surface area contributed by atoms with Gasteiger partial charge in [-0.3, -0.25) is 9.59 Å². The highest BCUT2D eigenvalue weighted by atomic mass is 32.2. The maximum atomic E-state index is 13.5. The third kappa shape index (κ3) is 6.79. The van der Waals surface area contributed by atoms with Gasteiger partial charge in [0.05, 0.1) is 11.4 Å². The lowest BCUT2D eigenvalue weighted by Crippen LogP contribution is -2.53. The molecule has 1 N–H and O–H groups in total. The van der Waals surface area contributed by atoms with E-state index >= 15 is 0 Å². The average molecular weight is 536 g/mol. The first kappa shape index (κ1) is 27.8. The van der Waals surface area contributed by atoms with Crippen molar-refractivity contribution in [2.45, 2.75) is 62.4 Å². The molecule has 0 heterocycles. The van der Waals surface area contributed by atoms with E-state index in [1.807, 2.05) is 54.6 Å². The van der Waals surface area contributed by atoms with Gasteiger partial charge in [0, 0.05) is 19.6 Å². The number of rotatable bonds is 10. The van der Waals surface area contributed by atoms with E-state index in [-0.39, 0.29) is 23.4 Å². The van der Waals surface area contributed by atoms with Crippen LogP contribution >= 0.6 is 0 Å². The van der Waals surface area contributed by atoms with E-state index in [4.69, 9.17) is 0 Å². The molecular formula is C30H37N3O4S. The van der Waals surface area contributed by atoms with Crippen LogP contribution in [0.25, 0.3) is 10.8 Å². The van der Waals surface area contributed by atoms with Gasteiger partial charge in [-0.15, -0.1) is 0 Å². The summed E-state index contributed by atoms with van der Waals surface area (Å²) in [5.41, 5.74) is 1.04. The number of nitrogens with zero attached hydrogens (tertiary/aromatic N) is 2. The van der Waals surface area contributed by atoms with Gasteiger partial charge in [-0.25, -0.2) is 8.42 Å². The zero-order chi connectivity index (χ0) is 27.1. The minimum Gasteiger partial charge on any atom is -0.352 e. The molecule has 0 bridgehead atoms. The predicted octanol–water partition coefficient (Wildman–Crippen LogP) is 4.37. The van der Waals surface area contributed by atoms with E-state index in [1.54, 1.807) is 25.1 Å². The van der Waals surface area contributed by atoms with Crippen molar-refractivity contribution in [3.8, 4) is 0 Å². The van der Waals surface area contributed by atoms with Gasteiger partial charge in [-0.1, -0.05) is 79.9 Å². The molecule has 3 aromatic carbocycles. The Labute approximate surface area is 225 Å². The Kier molecular flexibility index (Phi) is 9.17. The molecule has 4 rings (SSSR count). The van der Waals surface area contributed by atoms with Crippen molar-refractivity contribution in [1.82, 2.24) is 14.5 Å². The number of benzene rings is 3. The van der Waals surface area contributed by atoms with Crippen molar-refractivity contribution in [3.63, 3.8) is 0 Å². The van der Waals surface area contributed by atoms with E-state index in [1.165, 1.54) is 18.4 Å². The molecule has 0 radical (unpaired) electrons. The lowest BCUT2D eigenvalue weighted by atomic mass is 9.95. The van der Waals surface area contributed by atoms with Crippen LogP contribution in [0.2, 0.25) is 0 Å². The standard InChI is InChI=1S/C30H37N3O4S/c1-23(30(35)31-27-15-7-4-8-16-27)33(20-19-24-11-5-3-6-12-24)29(34)22-32(2)38(36,37)28-18-17-25-13-9-10-14-26(25)21-28/h3,5-6,9-14,17-18,21,23,27H,4,7-8,15-16,19-20,22H2,1-2H3,(H,31,35)/t23-/m1/s1. The average Bonchev–Trinajstić information content (AvgIpc) is 2.93. The molecular weight excluding hydrogens is 498 g/mol. The molecule has 7 nitrogen and oxygen atoms in total. The Morgan fingerprint density at radius 2 is 1.58 bits per heavy atom. The number of likely N-dealkylation sites (N-methyl/N-ethyl adjacent to an activating group) is 1. The first-order valence-electron chi connectivity index (χ1n) is 13.3. The quantitative estimate of drug-likeness (QED) is 0.418. The Morgan fingerprint density at radius 3 is 2.29 bits per heavy atom. The molecule has 0 aromatic heterocycles. The number of sulfonamides is 1. The van der Waals surface area contributed by atoms with Gasteiger partial charge in [0.1, 0.15) is 6.04 Å². The lowest BCUT2D eigenvalue weighted by molar-refractivity contribution is -0.140. The minimum absolute atomic E-state index is 0.126. The first-order valence-corrected chi connectivity index (χ1v) is 14.8. The zero-order valence-electron chi connectivity index (χ0n) is 22.2. The van der Waals surface area contributed by atoms with Gasteiger partial charge in [0.15, 0.2) is 0 Å². The highest BCUT2D eigenvalue weighted by Gasteiger charge is 2.31. The fraction of sp³-hybridized carbons (Fsp3) is 0.400. The Hall–Kier alpha value is -3.23. The van der Waals surface area contributed by atoms with Crippen LogP contribution in [0.1, 0.15) is 44.6 Å². The van der Waals surface area contributed by atoms with Gasteiger partial charge >= 0.3 is 0 Å². The zero-order valence-corrected chi connectivity index (χ0v) is 23.0. The molecule has 2 amide bonds. The molecule has 38 heavy (non-hydrogen) atoms. The van der Waals surface area contributed by atoms with E-state index < -0.39 is 22.0 Å². The van der Waals surface area contributed by atoms with Crippen LogP contribution in [-0.2, 0) is 26.0 Å². The van der Waals surface area contributed by atoms with Crippen LogP contribution in [0.3, 0.4) is 0 Å². The van der Waals surface area contributed by atoms with Gasteiger partial charge in [0.25, 0.3) is 0 Å². The maximum absolute atomic E-state index is 13.5. The van der Waals surface area contributed by atoms with Gasteiger partial charge in [-0.2, -0.15) is 4.31 Å². The number of carbonyl (C=O) groups is 2. The summed E-state index contributed by atoms with van der Waals surface area (Å²) in [6.07, 6.45) is 5.82. The molecule has 3 aromatic rings. The molecule has 0 spiro atoms. The number of nitrogens with one attached hydrogen (secondary N) is 1. The van der Waals surface area contributed by atoms with E-state index in [0.29, 0.717) is 13.0 Å². The number of hydrogen-bond donors (Lipinski definition) is 1. The van der Waals surface area contributed by atoms with Crippen molar-refractivity contribution >= 4 is 32.6 Å². The Bertz CT molecular complexity index is 1350. The third-order valence-electron chi connectivity index (χ3n) is 7.39. The maximum Gasteiger partial charge on any atom is 0.243 e. The Balaban J connectivity index is 1.50. The minimum atomic E-state index is -3.91. The highest BCUT2D eigenvalue weighted by Crippen LogP contribution is 2.22. The number of hydrogen-bond acceptors (Lipinski definition) is 4. The lowest BCUT2D eigenvalue weighted by Gasteiger charge is -2.32. The largest absolute Gasteiger partial charge is 0.352 e. The Morgan fingerprint density at radius 1 is 0.921 bits per heavy atom. The van der Waals surface area contributed by atoms with E-state index in [2.05, 4.69) is 5.32 Å². The SMILES string of the molecule is C[C@H](C(=O)NC1CCCCC1)N(CCc1ccccc1)C(=O)CN(C)S(=O)(=O)c1ccc2ccccc2c1. The summed E-state index contributed by atoms with van der Waals surface area (Å²) >= 11 is 0. The van der Waals surface area contributed by atoms with Gasteiger partial charge in [0.2, 0.25) is 21.8 Å². The van der Waals surface area contributed by atoms with Crippen molar-refractivity contribution in [2.24, 2.45) is 0 Å². The molecule has 1 atom stereocenters. The summed E-state index contributed by atoms with van der Waals surface area (Å²) in [6.45, 7) is 1.68. The molecule has 1 fully saturated rings. The summed E-state index contributed by atoms with van der Waals surface area (Å²) in [5, 5.41) is 4.86. The molecule has 202 valence electrons. The second kappa shape index (κ2) is 12.5. The molecule has 1 aliphatic carbocycles. The van der Waals surface area contributed by atoms with Crippen LogP contribution < -0.4 is 5.32 Å². The smallest absolute Gasteiger partial charge is 0.243 e. The topological polar surface area (TPSA) is 86.8 Å². The fourth-order valence-corrected chi connectivity index (χ4v) is 6.17. The fourth-order valence-electron chi connectivity index (χ4n) is 5.01. The van der Waals surface area contributed by atoms with Crippen molar-refractivity contribution in [3.05, 3.63) is 78.4 Å². The molecule has 0 unspecified atom stereocenters. The molecule has 1 saturated carbocycles. The van der Waals surface area contributed by atoms with Crippen LogP contribution in [-0.4, -0.2) is 61.7 Å². The van der Waals surface area contributed by atoms with Crippen LogP contribution in [0, 0.1) is 0 Å². The van der Waals surface area contributed by atoms with Crippen molar-refractivity contribution in [1.29, 1.82) is 0 Å². The molecule has 0 aliphatic heterocycles. The highest BCUT2D eigenvalue weighted by molar-refractivity contribution is 7.89. The number of fused-ring (bicyclic) bond motifs is 1. The summed E-state index contributed by atoms with van der Waals surface area (Å²) in [6, 6.07) is 21.7. The second-order valence-electron chi connectivity index (χ2n) is 10.1. The van der Waals surface area contributed by atoms with Crippen LogP contribution in [0.4, 0.5) is 0 Å². The third-order valence-corrected chi connectivity index (χ3v) is 9.19. The summed E-state index contributed by atoms with van der Waals surface area (Å²) in [4.78, 5) is 28.3. The summed E-state index contributed by atoms with van der Waals surface area (Å²) in [5.74, 6) is -0.600. The van der Waals surface area contributed by atoms with Gasteiger partial charge < -0.3 is 10.2 Å². The predicted molar refractivity (Wildman–Crippen MR) is 150 cm³/mol. The van der Waals surface area contributed by atoms with Crippen LogP contribution in [0.5, 0.6) is 0 Å². The van der Waals surface area contributed by atoms with Crippen molar-refractivity contribution < 1.29 is 18.0 Å².